The molecule has 0 amide bonds. The first-order valence-electron chi connectivity index (χ1n) is 8.88. The molecule has 1 N–H and O–H groups in total. The van der Waals surface area contributed by atoms with Gasteiger partial charge in [-0.05, 0) is 24.3 Å². The minimum atomic E-state index is 0.904. The maximum atomic E-state index is 4.93. The molecule has 0 aliphatic carbocycles. The molecule has 0 spiro atoms. The SMILES string of the molecule is c1cnc2c(c1)ccc1ccc(-c3cc4ccc5cccnc5c4[nH]3)nc12. The van der Waals surface area contributed by atoms with Crippen molar-refractivity contribution >= 4 is 43.6 Å². The van der Waals surface area contributed by atoms with Crippen molar-refractivity contribution in [2.75, 3.05) is 0 Å². The molecule has 0 aliphatic rings. The van der Waals surface area contributed by atoms with Gasteiger partial charge in [-0.2, -0.15) is 0 Å². The van der Waals surface area contributed by atoms with E-state index in [1.165, 1.54) is 0 Å². The lowest BCUT2D eigenvalue weighted by atomic mass is 10.1. The molecule has 4 nitrogen and oxygen atoms in total. The zero-order chi connectivity index (χ0) is 17.8. The van der Waals surface area contributed by atoms with Crippen LogP contribution >= 0.6 is 0 Å². The summed E-state index contributed by atoms with van der Waals surface area (Å²) in [5.74, 6) is 0. The zero-order valence-electron chi connectivity index (χ0n) is 14.3. The van der Waals surface area contributed by atoms with E-state index in [9.17, 15) is 0 Å². The van der Waals surface area contributed by atoms with Gasteiger partial charge < -0.3 is 4.98 Å². The van der Waals surface area contributed by atoms with Crippen molar-refractivity contribution in [3.8, 4) is 11.4 Å². The molecule has 4 heterocycles. The summed E-state index contributed by atoms with van der Waals surface area (Å²) in [5, 5.41) is 4.45. The highest BCUT2D eigenvalue weighted by Gasteiger charge is 2.10. The van der Waals surface area contributed by atoms with Crippen LogP contribution in [0.4, 0.5) is 0 Å². The van der Waals surface area contributed by atoms with Crippen LogP contribution in [-0.4, -0.2) is 19.9 Å². The number of rotatable bonds is 1. The molecule has 0 radical (unpaired) electrons. The lowest BCUT2D eigenvalue weighted by molar-refractivity contribution is 1.33. The first kappa shape index (κ1) is 14.4. The number of H-pyrrole nitrogens is 1. The monoisotopic (exact) mass is 346 g/mol. The molecule has 2 aromatic carbocycles. The number of nitrogens with zero attached hydrogens (tertiary/aromatic N) is 3. The molecular formula is C23H14N4. The number of fused-ring (bicyclic) bond motifs is 6. The van der Waals surface area contributed by atoms with Crippen molar-refractivity contribution in [2.45, 2.75) is 0 Å². The summed E-state index contributed by atoms with van der Waals surface area (Å²) in [5.41, 5.74) is 5.77. The van der Waals surface area contributed by atoms with E-state index >= 15 is 0 Å². The molecule has 4 aromatic heterocycles. The molecule has 0 bridgehead atoms. The van der Waals surface area contributed by atoms with E-state index in [4.69, 9.17) is 4.98 Å². The smallest absolute Gasteiger partial charge is 0.0972 e. The Morgan fingerprint density at radius 2 is 1.22 bits per heavy atom. The standard InChI is InChI=1S/C23H14N4/c1-3-14-5-6-16-9-10-18(26-22(16)20(14)24-11-1)19-13-17-8-7-15-4-2-12-25-21(15)23(17)27-19/h1-13,27H. The molecule has 6 rings (SSSR count). The Morgan fingerprint density at radius 1 is 0.593 bits per heavy atom. The van der Waals surface area contributed by atoms with Gasteiger partial charge in [-0.15, -0.1) is 0 Å². The second kappa shape index (κ2) is 5.35. The largest absolute Gasteiger partial charge is 0.351 e. The Labute approximate surface area is 154 Å². The normalized spacial score (nSPS) is 11.7. The van der Waals surface area contributed by atoms with E-state index in [0.29, 0.717) is 0 Å². The van der Waals surface area contributed by atoms with Crippen LogP contribution < -0.4 is 0 Å². The highest BCUT2D eigenvalue weighted by Crippen LogP contribution is 2.30. The number of hydrogen-bond donors (Lipinski definition) is 1. The average molecular weight is 346 g/mol. The van der Waals surface area contributed by atoms with Gasteiger partial charge in [0, 0.05) is 33.9 Å². The van der Waals surface area contributed by atoms with Crippen LogP contribution in [0.15, 0.2) is 79.1 Å². The third kappa shape index (κ3) is 2.13. The van der Waals surface area contributed by atoms with Crippen molar-refractivity contribution in [3.05, 3.63) is 79.1 Å². The second-order valence-electron chi connectivity index (χ2n) is 6.70. The van der Waals surface area contributed by atoms with Crippen LogP contribution in [0.25, 0.3) is 55.0 Å². The first-order valence-corrected chi connectivity index (χ1v) is 8.88. The third-order valence-corrected chi connectivity index (χ3v) is 5.07. The second-order valence-corrected chi connectivity index (χ2v) is 6.70. The van der Waals surface area contributed by atoms with Gasteiger partial charge in [0.25, 0.3) is 0 Å². The maximum Gasteiger partial charge on any atom is 0.0972 e. The van der Waals surface area contributed by atoms with Crippen molar-refractivity contribution < 1.29 is 0 Å². The lowest BCUT2D eigenvalue weighted by Crippen LogP contribution is -1.88. The Hall–Kier alpha value is -3.79. The molecule has 6 aromatic rings. The Bertz CT molecular complexity index is 1480. The van der Waals surface area contributed by atoms with Crippen LogP contribution in [0.2, 0.25) is 0 Å². The fraction of sp³-hybridized carbons (Fsp3) is 0. The Balaban J connectivity index is 1.63. The number of pyridine rings is 3. The molecule has 0 unspecified atom stereocenters. The Morgan fingerprint density at radius 3 is 2.04 bits per heavy atom. The van der Waals surface area contributed by atoms with E-state index in [0.717, 1.165) is 55.0 Å². The van der Waals surface area contributed by atoms with Crippen LogP contribution in [0.1, 0.15) is 0 Å². The highest BCUT2D eigenvalue weighted by atomic mass is 14.8. The summed E-state index contributed by atoms with van der Waals surface area (Å²) < 4.78 is 0. The van der Waals surface area contributed by atoms with Gasteiger partial charge in [0.1, 0.15) is 0 Å². The topological polar surface area (TPSA) is 54.5 Å². The number of hydrogen-bond acceptors (Lipinski definition) is 3. The van der Waals surface area contributed by atoms with E-state index in [1.807, 2.05) is 24.5 Å². The molecular weight excluding hydrogens is 332 g/mol. The van der Waals surface area contributed by atoms with E-state index in [-0.39, 0.29) is 0 Å². The average Bonchev–Trinajstić information content (AvgIpc) is 3.18. The number of nitrogens with one attached hydrogen (secondary N) is 1. The van der Waals surface area contributed by atoms with Crippen molar-refractivity contribution in [1.82, 2.24) is 19.9 Å². The number of aromatic amines is 1. The van der Waals surface area contributed by atoms with Gasteiger partial charge in [-0.1, -0.05) is 42.5 Å². The molecule has 27 heavy (non-hydrogen) atoms. The van der Waals surface area contributed by atoms with Gasteiger partial charge in [0.05, 0.1) is 33.5 Å². The molecule has 0 saturated heterocycles. The predicted molar refractivity (Wildman–Crippen MR) is 110 cm³/mol. The summed E-state index contributed by atoms with van der Waals surface area (Å²) >= 11 is 0. The summed E-state index contributed by atoms with van der Waals surface area (Å²) in [4.78, 5) is 17.5. The van der Waals surface area contributed by atoms with Gasteiger partial charge in [-0.3, -0.25) is 9.97 Å². The van der Waals surface area contributed by atoms with Crippen LogP contribution in [-0.2, 0) is 0 Å². The van der Waals surface area contributed by atoms with Gasteiger partial charge in [0.2, 0.25) is 0 Å². The molecule has 0 atom stereocenters. The van der Waals surface area contributed by atoms with Crippen LogP contribution in [0, 0.1) is 0 Å². The summed E-state index contributed by atoms with van der Waals surface area (Å²) in [6.45, 7) is 0. The maximum absolute atomic E-state index is 4.93. The lowest BCUT2D eigenvalue weighted by Gasteiger charge is -2.04. The summed E-state index contributed by atoms with van der Waals surface area (Å²) in [6, 6.07) is 22.8. The number of aromatic nitrogens is 4. The first-order chi connectivity index (χ1) is 13.4. The fourth-order valence-corrected chi connectivity index (χ4v) is 3.75. The molecule has 0 fully saturated rings. The van der Waals surface area contributed by atoms with E-state index in [1.54, 1.807) is 0 Å². The van der Waals surface area contributed by atoms with Crippen molar-refractivity contribution in [1.29, 1.82) is 0 Å². The molecule has 126 valence electrons. The minimum Gasteiger partial charge on any atom is -0.351 e. The van der Waals surface area contributed by atoms with E-state index < -0.39 is 0 Å². The van der Waals surface area contributed by atoms with Crippen LogP contribution in [0.5, 0.6) is 0 Å². The van der Waals surface area contributed by atoms with Gasteiger partial charge >= 0.3 is 0 Å². The quantitative estimate of drug-likeness (QED) is 0.401. The minimum absolute atomic E-state index is 0.904. The number of benzene rings is 2. The summed E-state index contributed by atoms with van der Waals surface area (Å²) in [7, 11) is 0. The molecule has 0 saturated carbocycles. The van der Waals surface area contributed by atoms with E-state index in [2.05, 4.69) is 69.5 Å². The highest BCUT2D eigenvalue weighted by molar-refractivity contribution is 6.06. The predicted octanol–water partition coefficient (Wildman–Crippen LogP) is 5.48. The Kier molecular flexibility index (Phi) is 2.85. The molecule has 4 heteroatoms. The summed E-state index contributed by atoms with van der Waals surface area (Å²) in [6.07, 6.45) is 3.64. The van der Waals surface area contributed by atoms with Crippen molar-refractivity contribution in [3.63, 3.8) is 0 Å². The van der Waals surface area contributed by atoms with Crippen LogP contribution in [0.3, 0.4) is 0 Å². The van der Waals surface area contributed by atoms with Gasteiger partial charge in [-0.25, -0.2) is 4.98 Å². The van der Waals surface area contributed by atoms with Crippen molar-refractivity contribution in [2.24, 2.45) is 0 Å². The molecule has 0 aliphatic heterocycles. The van der Waals surface area contributed by atoms with Gasteiger partial charge in [0.15, 0.2) is 0 Å². The fourth-order valence-electron chi connectivity index (χ4n) is 3.75. The third-order valence-electron chi connectivity index (χ3n) is 5.07. The zero-order valence-corrected chi connectivity index (χ0v) is 14.3.